The molecule has 0 saturated carbocycles. The minimum atomic E-state index is -4.97. The molecule has 0 saturated heterocycles. The molecular formula is C28H23F5O. The lowest BCUT2D eigenvalue weighted by atomic mass is 9.96. The highest BCUT2D eigenvalue weighted by atomic mass is 19.4. The number of hydrogen-bond acceptors (Lipinski definition) is 1. The maximum Gasteiger partial charge on any atom is 0.573 e. The Labute approximate surface area is 194 Å². The second-order valence-electron chi connectivity index (χ2n) is 8.21. The zero-order valence-electron chi connectivity index (χ0n) is 18.6. The van der Waals surface area contributed by atoms with Gasteiger partial charge in [-0.15, -0.1) is 13.2 Å². The summed E-state index contributed by atoms with van der Waals surface area (Å²) in [6, 6.07) is 19.5. The first-order chi connectivity index (χ1) is 16.2. The van der Waals surface area contributed by atoms with Crippen molar-refractivity contribution >= 4 is 10.8 Å². The van der Waals surface area contributed by atoms with Gasteiger partial charge in [-0.3, -0.25) is 0 Å². The standard InChI is InChI=1S/C28H23F5O/c1-2-3-4-5-18-6-13-24-22(16-18)11-14-23(27(24)30)20-9-7-19(8-10-20)21-12-15-26(25(29)17-21)34-28(31,32)33/h6-17H,2-5H2,1H3. The topological polar surface area (TPSA) is 9.23 Å². The molecule has 6 heteroatoms. The van der Waals surface area contributed by atoms with E-state index in [1.54, 1.807) is 30.3 Å². The van der Waals surface area contributed by atoms with Crippen LogP contribution in [0.1, 0.15) is 31.7 Å². The summed E-state index contributed by atoms with van der Waals surface area (Å²) in [4.78, 5) is 0. The number of unbranched alkanes of at least 4 members (excludes halogenated alkanes) is 2. The van der Waals surface area contributed by atoms with Crippen molar-refractivity contribution in [2.75, 3.05) is 0 Å². The van der Waals surface area contributed by atoms with Gasteiger partial charge in [-0.1, -0.05) is 80.4 Å². The number of halogens is 5. The lowest BCUT2D eigenvalue weighted by Crippen LogP contribution is -2.17. The number of ether oxygens (including phenoxy) is 1. The molecule has 0 radical (unpaired) electrons. The maximum absolute atomic E-state index is 15.3. The fraction of sp³-hybridized carbons (Fsp3) is 0.214. The van der Waals surface area contributed by atoms with Crippen LogP contribution in [-0.2, 0) is 6.42 Å². The molecule has 0 aliphatic carbocycles. The second kappa shape index (κ2) is 9.84. The third-order valence-electron chi connectivity index (χ3n) is 5.77. The van der Waals surface area contributed by atoms with Gasteiger partial charge in [0, 0.05) is 10.9 Å². The number of rotatable bonds is 7. The van der Waals surface area contributed by atoms with Gasteiger partial charge in [0.15, 0.2) is 11.6 Å². The molecule has 0 atom stereocenters. The highest BCUT2D eigenvalue weighted by Gasteiger charge is 2.32. The van der Waals surface area contributed by atoms with Crippen LogP contribution >= 0.6 is 0 Å². The van der Waals surface area contributed by atoms with Crippen molar-refractivity contribution in [3.8, 4) is 28.0 Å². The number of fused-ring (bicyclic) bond motifs is 1. The lowest BCUT2D eigenvalue weighted by Gasteiger charge is -2.11. The molecule has 0 fully saturated rings. The van der Waals surface area contributed by atoms with E-state index >= 15 is 4.39 Å². The van der Waals surface area contributed by atoms with Crippen LogP contribution in [0.5, 0.6) is 5.75 Å². The molecule has 4 aromatic carbocycles. The molecule has 0 aliphatic heterocycles. The van der Waals surface area contributed by atoms with Gasteiger partial charge in [0.25, 0.3) is 0 Å². The summed E-state index contributed by atoms with van der Waals surface area (Å²) in [5.41, 5.74) is 3.24. The Morgan fingerprint density at radius 2 is 1.44 bits per heavy atom. The van der Waals surface area contributed by atoms with Crippen LogP contribution < -0.4 is 4.74 Å². The van der Waals surface area contributed by atoms with E-state index in [1.165, 1.54) is 18.1 Å². The van der Waals surface area contributed by atoms with Gasteiger partial charge in [-0.2, -0.15) is 0 Å². The van der Waals surface area contributed by atoms with E-state index in [0.29, 0.717) is 27.6 Å². The fourth-order valence-electron chi connectivity index (χ4n) is 4.03. The first-order valence-electron chi connectivity index (χ1n) is 11.1. The predicted octanol–water partition coefficient (Wildman–Crippen LogP) is 9.08. The monoisotopic (exact) mass is 470 g/mol. The SMILES string of the molecule is CCCCCc1ccc2c(F)c(-c3ccc(-c4ccc(OC(F)(F)F)c(F)c4)cc3)ccc2c1. The normalized spacial score (nSPS) is 11.7. The van der Waals surface area contributed by atoms with E-state index in [1.807, 2.05) is 24.3 Å². The molecule has 0 N–H and O–H groups in total. The number of alkyl halides is 3. The molecule has 4 rings (SSSR count). The molecule has 0 spiro atoms. The van der Waals surface area contributed by atoms with Crippen LogP contribution in [0.2, 0.25) is 0 Å². The lowest BCUT2D eigenvalue weighted by molar-refractivity contribution is -0.275. The van der Waals surface area contributed by atoms with Crippen LogP contribution in [0.15, 0.2) is 72.8 Å². The zero-order valence-corrected chi connectivity index (χ0v) is 18.6. The van der Waals surface area contributed by atoms with E-state index in [2.05, 4.69) is 11.7 Å². The highest BCUT2D eigenvalue weighted by molar-refractivity contribution is 5.89. The van der Waals surface area contributed by atoms with Crippen LogP contribution in [0.3, 0.4) is 0 Å². The molecule has 176 valence electrons. The van der Waals surface area contributed by atoms with Crippen molar-refractivity contribution in [3.63, 3.8) is 0 Å². The summed E-state index contributed by atoms with van der Waals surface area (Å²) in [5, 5.41) is 1.40. The Balaban J connectivity index is 1.57. The Hall–Kier alpha value is -3.41. The van der Waals surface area contributed by atoms with E-state index in [-0.39, 0.29) is 5.82 Å². The molecule has 1 nitrogen and oxygen atoms in total. The van der Waals surface area contributed by atoms with Crippen LogP contribution in [-0.4, -0.2) is 6.36 Å². The number of benzene rings is 4. The second-order valence-corrected chi connectivity index (χ2v) is 8.21. The van der Waals surface area contributed by atoms with Crippen LogP contribution in [0, 0.1) is 11.6 Å². The summed E-state index contributed by atoms with van der Waals surface area (Å²) in [6.07, 6.45) is -0.573. The van der Waals surface area contributed by atoms with Crippen molar-refractivity contribution in [1.82, 2.24) is 0 Å². The fourth-order valence-corrected chi connectivity index (χ4v) is 4.03. The molecule has 34 heavy (non-hydrogen) atoms. The van der Waals surface area contributed by atoms with Gasteiger partial charge in [0.2, 0.25) is 0 Å². The zero-order chi connectivity index (χ0) is 24.3. The average Bonchev–Trinajstić information content (AvgIpc) is 2.80. The first kappa shape index (κ1) is 23.7. The maximum atomic E-state index is 15.3. The molecule has 0 unspecified atom stereocenters. The third-order valence-corrected chi connectivity index (χ3v) is 5.77. The van der Waals surface area contributed by atoms with Gasteiger partial charge in [0.05, 0.1) is 0 Å². The third kappa shape index (κ3) is 5.38. The van der Waals surface area contributed by atoms with E-state index in [0.717, 1.165) is 36.8 Å². The molecular weight excluding hydrogens is 447 g/mol. The average molecular weight is 470 g/mol. The van der Waals surface area contributed by atoms with Gasteiger partial charge < -0.3 is 4.74 Å². The highest BCUT2D eigenvalue weighted by Crippen LogP contribution is 2.33. The van der Waals surface area contributed by atoms with Gasteiger partial charge in [-0.05, 0) is 52.6 Å². The van der Waals surface area contributed by atoms with E-state index < -0.39 is 17.9 Å². The van der Waals surface area contributed by atoms with Gasteiger partial charge in [-0.25, -0.2) is 8.78 Å². The minimum absolute atomic E-state index is 0.315. The largest absolute Gasteiger partial charge is 0.573 e. The summed E-state index contributed by atoms with van der Waals surface area (Å²) in [6.45, 7) is 2.16. The predicted molar refractivity (Wildman–Crippen MR) is 125 cm³/mol. The molecule has 0 amide bonds. The Kier molecular flexibility index (Phi) is 6.87. The molecule has 4 aromatic rings. The van der Waals surface area contributed by atoms with Crippen molar-refractivity contribution in [2.45, 2.75) is 39.0 Å². The van der Waals surface area contributed by atoms with Crippen LogP contribution in [0.4, 0.5) is 22.0 Å². The smallest absolute Gasteiger partial charge is 0.403 e. The van der Waals surface area contributed by atoms with E-state index in [9.17, 15) is 17.6 Å². The van der Waals surface area contributed by atoms with Crippen molar-refractivity contribution in [3.05, 3.63) is 90.0 Å². The van der Waals surface area contributed by atoms with Crippen molar-refractivity contribution in [2.24, 2.45) is 0 Å². The van der Waals surface area contributed by atoms with Gasteiger partial charge >= 0.3 is 6.36 Å². The van der Waals surface area contributed by atoms with Crippen molar-refractivity contribution < 1.29 is 26.7 Å². The quantitative estimate of drug-likeness (QED) is 0.193. The molecule has 0 heterocycles. The summed E-state index contributed by atoms with van der Waals surface area (Å²) < 4.78 is 70.0. The summed E-state index contributed by atoms with van der Waals surface area (Å²) in [7, 11) is 0. The van der Waals surface area contributed by atoms with E-state index in [4.69, 9.17) is 0 Å². The minimum Gasteiger partial charge on any atom is -0.403 e. The van der Waals surface area contributed by atoms with Crippen LogP contribution in [0.25, 0.3) is 33.0 Å². The number of aryl methyl sites for hydroxylation is 1. The Morgan fingerprint density at radius 3 is 2.12 bits per heavy atom. The van der Waals surface area contributed by atoms with Crippen molar-refractivity contribution in [1.29, 1.82) is 0 Å². The summed E-state index contributed by atoms with van der Waals surface area (Å²) >= 11 is 0. The first-order valence-corrected chi connectivity index (χ1v) is 11.1. The summed E-state index contributed by atoms with van der Waals surface area (Å²) in [5.74, 6) is -2.32. The molecule has 0 bridgehead atoms. The molecule has 0 aromatic heterocycles. The van der Waals surface area contributed by atoms with Gasteiger partial charge in [0.1, 0.15) is 5.82 Å². The Morgan fingerprint density at radius 1 is 0.735 bits per heavy atom. The number of hydrogen-bond donors (Lipinski definition) is 0. The molecule has 0 aliphatic rings. The Bertz CT molecular complexity index is 1290.